The Hall–Kier alpha value is -0.970. The average molecular weight is 565 g/mol. The Kier molecular flexibility index (Phi) is 10.6. The van der Waals surface area contributed by atoms with Gasteiger partial charge in [0.05, 0.1) is 0 Å². The summed E-state index contributed by atoms with van der Waals surface area (Å²) in [4.78, 5) is 21.2. The number of nitrogens with zero attached hydrogens (tertiary/aromatic N) is 2. The van der Waals surface area contributed by atoms with E-state index in [-0.39, 0.29) is 29.9 Å². The van der Waals surface area contributed by atoms with E-state index in [0.717, 1.165) is 42.8 Å². The number of fused-ring (bicyclic) bond motifs is 1. The fourth-order valence-electron chi connectivity index (χ4n) is 3.00. The van der Waals surface area contributed by atoms with Gasteiger partial charge in [0, 0.05) is 60.2 Å². The lowest BCUT2D eigenvalue weighted by Crippen LogP contribution is -2.41. The minimum absolute atomic E-state index is 0. The Bertz CT molecular complexity index is 813. The number of nitrogens with one attached hydrogen (secondary N) is 2. The molecule has 0 atom stereocenters. The van der Waals surface area contributed by atoms with E-state index in [2.05, 4.69) is 27.1 Å². The van der Waals surface area contributed by atoms with Gasteiger partial charge in [-0.3, -0.25) is 9.79 Å². The number of thioether (sulfide) groups is 1. The molecule has 1 amide bonds. The Morgan fingerprint density at radius 1 is 1.24 bits per heavy atom. The molecular weight excluding hydrogens is 539 g/mol. The van der Waals surface area contributed by atoms with Gasteiger partial charge in [0.2, 0.25) is 5.91 Å². The first-order chi connectivity index (χ1) is 13.7. The summed E-state index contributed by atoms with van der Waals surface area (Å²) in [5.74, 6) is 1.83. The SMILES string of the molecule is CN=C(NCCSc1ccc(Cl)cc1)NCCC(=O)N1CCc2sccc2C1.I. The molecule has 1 aliphatic heterocycles. The Morgan fingerprint density at radius 3 is 2.76 bits per heavy atom. The molecule has 0 spiro atoms. The van der Waals surface area contributed by atoms with E-state index in [1.807, 2.05) is 29.2 Å². The van der Waals surface area contributed by atoms with Crippen LogP contribution in [0.5, 0.6) is 0 Å². The van der Waals surface area contributed by atoms with Gasteiger partial charge in [-0.25, -0.2) is 0 Å². The quantitative estimate of drug-likeness (QED) is 0.174. The maximum absolute atomic E-state index is 12.5. The topological polar surface area (TPSA) is 56.7 Å². The molecule has 0 unspecified atom stereocenters. The minimum Gasteiger partial charge on any atom is -0.356 e. The van der Waals surface area contributed by atoms with Crippen LogP contribution in [-0.2, 0) is 17.8 Å². The van der Waals surface area contributed by atoms with Gasteiger partial charge in [-0.1, -0.05) is 11.6 Å². The van der Waals surface area contributed by atoms with Gasteiger partial charge in [0.25, 0.3) is 0 Å². The normalized spacial score (nSPS) is 13.4. The summed E-state index contributed by atoms with van der Waals surface area (Å²) >= 11 is 9.45. The van der Waals surface area contributed by atoms with E-state index in [1.165, 1.54) is 15.3 Å². The zero-order valence-corrected chi connectivity index (χ0v) is 21.0. The zero-order valence-electron chi connectivity index (χ0n) is 16.3. The third-order valence-electron chi connectivity index (χ3n) is 4.49. The number of hydrogen-bond donors (Lipinski definition) is 2. The van der Waals surface area contributed by atoms with Crippen molar-refractivity contribution in [3.63, 3.8) is 0 Å². The third-order valence-corrected chi connectivity index (χ3v) is 6.78. The van der Waals surface area contributed by atoms with Gasteiger partial charge in [-0.05, 0) is 47.7 Å². The van der Waals surface area contributed by atoms with Crippen molar-refractivity contribution in [1.29, 1.82) is 0 Å². The summed E-state index contributed by atoms with van der Waals surface area (Å²) in [5, 5.41) is 9.37. The van der Waals surface area contributed by atoms with Crippen molar-refractivity contribution in [2.24, 2.45) is 4.99 Å². The monoisotopic (exact) mass is 564 g/mol. The van der Waals surface area contributed by atoms with Crippen LogP contribution in [0.2, 0.25) is 5.02 Å². The molecule has 0 saturated heterocycles. The number of benzene rings is 1. The lowest BCUT2D eigenvalue weighted by atomic mass is 10.1. The second-order valence-corrected chi connectivity index (χ2v) is 9.02. The van der Waals surface area contributed by atoms with Crippen molar-refractivity contribution in [2.75, 3.05) is 32.4 Å². The fraction of sp³-hybridized carbons (Fsp3) is 0.400. The second kappa shape index (κ2) is 12.7. The summed E-state index contributed by atoms with van der Waals surface area (Å²) in [7, 11) is 1.74. The van der Waals surface area contributed by atoms with Gasteiger partial charge in [0.1, 0.15) is 0 Å². The number of thiophene rings is 1. The van der Waals surface area contributed by atoms with E-state index in [4.69, 9.17) is 11.6 Å². The first-order valence-corrected chi connectivity index (χ1v) is 11.6. The van der Waals surface area contributed by atoms with Gasteiger partial charge >= 0.3 is 0 Å². The maximum atomic E-state index is 12.5. The molecule has 0 saturated carbocycles. The molecule has 1 aromatic carbocycles. The van der Waals surface area contributed by atoms with E-state index < -0.39 is 0 Å². The lowest BCUT2D eigenvalue weighted by Gasteiger charge is -2.27. The average Bonchev–Trinajstić information content (AvgIpc) is 3.18. The molecular formula is C20H26ClIN4OS2. The van der Waals surface area contributed by atoms with Gasteiger partial charge in [0.15, 0.2) is 5.96 Å². The van der Waals surface area contributed by atoms with Crippen molar-refractivity contribution in [3.05, 3.63) is 51.2 Å². The molecule has 0 aliphatic carbocycles. The third kappa shape index (κ3) is 7.66. The summed E-state index contributed by atoms with van der Waals surface area (Å²) < 4.78 is 0. The van der Waals surface area contributed by atoms with Crippen LogP contribution in [0.4, 0.5) is 0 Å². The summed E-state index contributed by atoms with van der Waals surface area (Å²) in [6.07, 6.45) is 1.44. The molecule has 0 radical (unpaired) electrons. The highest BCUT2D eigenvalue weighted by atomic mass is 127. The molecule has 2 aromatic rings. The number of carbonyl (C=O) groups is 1. The van der Waals surface area contributed by atoms with Crippen LogP contribution in [0.3, 0.4) is 0 Å². The smallest absolute Gasteiger partial charge is 0.224 e. The fourth-order valence-corrected chi connectivity index (χ4v) is 4.78. The van der Waals surface area contributed by atoms with E-state index in [0.29, 0.717) is 13.0 Å². The lowest BCUT2D eigenvalue weighted by molar-refractivity contribution is -0.131. The zero-order chi connectivity index (χ0) is 19.8. The Labute approximate surface area is 202 Å². The number of guanidine groups is 1. The maximum Gasteiger partial charge on any atom is 0.224 e. The van der Waals surface area contributed by atoms with Crippen molar-refractivity contribution in [2.45, 2.75) is 24.3 Å². The van der Waals surface area contributed by atoms with E-state index >= 15 is 0 Å². The van der Waals surface area contributed by atoms with Crippen LogP contribution in [0, 0.1) is 0 Å². The molecule has 158 valence electrons. The van der Waals surface area contributed by atoms with Crippen LogP contribution in [0.15, 0.2) is 45.6 Å². The number of halogens is 2. The standard InChI is InChI=1S/C20H25ClN4OS2.HI/c1-22-20(24-10-13-27-17-4-2-16(21)3-5-17)23-9-6-19(26)25-11-7-18-15(14-25)8-12-28-18;/h2-5,8,12H,6-7,9-11,13-14H2,1H3,(H2,22,23,24);1H. The van der Waals surface area contributed by atoms with Gasteiger partial charge in [-0.2, -0.15) is 0 Å². The van der Waals surface area contributed by atoms with Crippen LogP contribution in [0.25, 0.3) is 0 Å². The number of carbonyl (C=O) groups excluding carboxylic acids is 1. The first-order valence-electron chi connectivity index (χ1n) is 9.31. The van der Waals surface area contributed by atoms with E-state index in [1.54, 1.807) is 30.1 Å². The predicted molar refractivity (Wildman–Crippen MR) is 135 cm³/mol. The molecule has 2 N–H and O–H groups in total. The molecule has 2 heterocycles. The summed E-state index contributed by atoms with van der Waals surface area (Å²) in [5.41, 5.74) is 1.30. The van der Waals surface area contributed by atoms with Crippen molar-refractivity contribution in [1.82, 2.24) is 15.5 Å². The Morgan fingerprint density at radius 2 is 2.00 bits per heavy atom. The van der Waals surface area contributed by atoms with Crippen LogP contribution in [0.1, 0.15) is 16.9 Å². The Balaban J connectivity index is 0.00000300. The summed E-state index contributed by atoms with van der Waals surface area (Å²) in [6, 6.07) is 9.97. The highest BCUT2D eigenvalue weighted by Gasteiger charge is 2.20. The van der Waals surface area contributed by atoms with Crippen LogP contribution < -0.4 is 10.6 Å². The minimum atomic E-state index is 0. The van der Waals surface area contributed by atoms with Gasteiger partial charge in [-0.15, -0.1) is 47.1 Å². The number of amides is 1. The summed E-state index contributed by atoms with van der Waals surface area (Å²) in [6.45, 7) is 2.93. The number of rotatable bonds is 7. The molecule has 3 rings (SSSR count). The second-order valence-electron chi connectivity index (χ2n) is 6.41. The molecule has 9 heteroatoms. The molecule has 0 bridgehead atoms. The largest absolute Gasteiger partial charge is 0.356 e. The number of aliphatic imine (C=N–C) groups is 1. The van der Waals surface area contributed by atoms with Crippen molar-refractivity contribution in [3.8, 4) is 0 Å². The molecule has 1 aromatic heterocycles. The number of hydrogen-bond acceptors (Lipinski definition) is 4. The highest BCUT2D eigenvalue weighted by Crippen LogP contribution is 2.24. The molecule has 29 heavy (non-hydrogen) atoms. The van der Waals surface area contributed by atoms with E-state index in [9.17, 15) is 4.79 Å². The first kappa shape index (κ1) is 24.3. The van der Waals surface area contributed by atoms with Crippen molar-refractivity contribution < 1.29 is 4.79 Å². The predicted octanol–water partition coefficient (Wildman–Crippen LogP) is 4.25. The highest BCUT2D eigenvalue weighted by molar-refractivity contribution is 14.0. The van der Waals surface area contributed by atoms with Crippen LogP contribution in [-0.4, -0.2) is 49.2 Å². The van der Waals surface area contributed by atoms with Gasteiger partial charge < -0.3 is 15.5 Å². The molecule has 1 aliphatic rings. The van der Waals surface area contributed by atoms with Crippen LogP contribution >= 0.6 is 58.7 Å². The molecule has 0 fully saturated rings. The van der Waals surface area contributed by atoms with Crippen molar-refractivity contribution >= 4 is 70.5 Å². The molecule has 5 nitrogen and oxygen atoms in total.